The Hall–Kier alpha value is -1.06. The Labute approximate surface area is 165 Å². The van der Waals surface area contributed by atoms with Gasteiger partial charge in [0.15, 0.2) is 0 Å². The van der Waals surface area contributed by atoms with Crippen LogP contribution in [0.3, 0.4) is 0 Å². The first kappa shape index (κ1) is 24.0. The van der Waals surface area contributed by atoms with Crippen LogP contribution in [0.5, 0.6) is 0 Å². The third kappa shape index (κ3) is 10.2. The fourth-order valence-electron chi connectivity index (χ4n) is 2.84. The van der Waals surface area contributed by atoms with Gasteiger partial charge in [0.1, 0.15) is 0 Å². The van der Waals surface area contributed by atoms with Crippen molar-refractivity contribution >= 4 is 14.9 Å². The van der Waals surface area contributed by atoms with E-state index in [9.17, 15) is 0 Å². The number of nitrogens with two attached hydrogens (primary N) is 2. The molecular formula is C20H37N3O3Si. The van der Waals surface area contributed by atoms with Gasteiger partial charge in [-0.1, -0.05) is 42.5 Å². The molecule has 1 aromatic carbocycles. The summed E-state index contributed by atoms with van der Waals surface area (Å²) in [5, 5.41) is 0. The molecule has 27 heavy (non-hydrogen) atoms. The average molecular weight is 396 g/mol. The van der Waals surface area contributed by atoms with Gasteiger partial charge in [-0.25, -0.2) is 0 Å². The largest absolute Gasteiger partial charge is 0.500 e. The topological polar surface area (TPSA) is 83.0 Å². The number of hydrogen-bond acceptors (Lipinski definition) is 6. The quantitative estimate of drug-likeness (QED) is 0.330. The Bertz CT molecular complexity index is 499. The molecule has 0 saturated heterocycles. The van der Waals surface area contributed by atoms with Gasteiger partial charge in [0.2, 0.25) is 0 Å². The molecule has 0 saturated carbocycles. The minimum atomic E-state index is -2.54. The Morgan fingerprint density at radius 3 is 2.33 bits per heavy atom. The van der Waals surface area contributed by atoms with Gasteiger partial charge < -0.3 is 24.7 Å². The van der Waals surface area contributed by atoms with Crippen LogP contribution in [-0.4, -0.2) is 67.3 Å². The highest BCUT2D eigenvalue weighted by Crippen LogP contribution is 2.16. The number of benzene rings is 1. The lowest BCUT2D eigenvalue weighted by Gasteiger charge is -2.26. The average Bonchev–Trinajstić information content (AvgIpc) is 2.71. The van der Waals surface area contributed by atoms with E-state index in [0.717, 1.165) is 44.9 Å². The van der Waals surface area contributed by atoms with Crippen molar-refractivity contribution in [2.24, 2.45) is 11.5 Å². The van der Waals surface area contributed by atoms with Crippen LogP contribution in [0.25, 0.3) is 6.08 Å². The lowest BCUT2D eigenvalue weighted by atomic mass is 10.2. The minimum Gasteiger partial charge on any atom is -0.377 e. The molecule has 0 aromatic heterocycles. The third-order valence-corrected chi connectivity index (χ3v) is 7.27. The summed E-state index contributed by atoms with van der Waals surface area (Å²) in [7, 11) is 0.782. The highest BCUT2D eigenvalue weighted by molar-refractivity contribution is 6.60. The molecule has 0 unspecified atom stereocenters. The zero-order valence-corrected chi connectivity index (χ0v) is 17.9. The molecule has 0 radical (unpaired) electrons. The van der Waals surface area contributed by atoms with Gasteiger partial charge in [0, 0.05) is 46.5 Å². The van der Waals surface area contributed by atoms with E-state index >= 15 is 0 Å². The van der Waals surface area contributed by atoms with E-state index < -0.39 is 8.80 Å². The Morgan fingerprint density at radius 2 is 1.70 bits per heavy atom. The summed E-state index contributed by atoms with van der Waals surface area (Å²) in [6, 6.07) is 11.1. The van der Waals surface area contributed by atoms with E-state index in [1.54, 1.807) is 14.2 Å². The second-order valence-corrected chi connectivity index (χ2v) is 9.41. The first-order valence-corrected chi connectivity index (χ1v) is 11.7. The monoisotopic (exact) mass is 395 g/mol. The zero-order valence-electron chi connectivity index (χ0n) is 16.9. The molecule has 0 spiro atoms. The van der Waals surface area contributed by atoms with Crippen molar-refractivity contribution in [3.63, 3.8) is 0 Å². The van der Waals surface area contributed by atoms with E-state index in [0.29, 0.717) is 19.7 Å². The van der Waals surface area contributed by atoms with Crippen molar-refractivity contribution in [2.45, 2.75) is 25.3 Å². The van der Waals surface area contributed by atoms with Gasteiger partial charge in [-0.15, -0.1) is 0 Å². The van der Waals surface area contributed by atoms with Gasteiger partial charge in [-0.2, -0.15) is 0 Å². The summed E-state index contributed by atoms with van der Waals surface area (Å²) >= 11 is 0. The Balaban J connectivity index is 2.32. The van der Waals surface area contributed by atoms with Crippen LogP contribution in [0.4, 0.5) is 0 Å². The SMILES string of the molecule is CO[Si](CCCN)(OC)OCCCCN(CC=Cc1ccccc1)CCN. The molecule has 4 N–H and O–H groups in total. The van der Waals surface area contributed by atoms with E-state index in [1.807, 2.05) is 18.2 Å². The van der Waals surface area contributed by atoms with E-state index in [-0.39, 0.29) is 0 Å². The summed E-state index contributed by atoms with van der Waals surface area (Å²) in [6.45, 7) is 4.73. The smallest absolute Gasteiger partial charge is 0.377 e. The highest BCUT2D eigenvalue weighted by Gasteiger charge is 2.37. The van der Waals surface area contributed by atoms with Crippen LogP contribution >= 0.6 is 0 Å². The summed E-state index contributed by atoms with van der Waals surface area (Å²) < 4.78 is 17.1. The number of nitrogens with zero attached hydrogens (tertiary/aromatic N) is 1. The number of hydrogen-bond donors (Lipinski definition) is 2. The fraction of sp³-hybridized carbons (Fsp3) is 0.600. The molecule has 0 heterocycles. The maximum absolute atomic E-state index is 5.99. The van der Waals surface area contributed by atoms with Crippen LogP contribution in [0.1, 0.15) is 24.8 Å². The highest BCUT2D eigenvalue weighted by atomic mass is 28.4. The van der Waals surface area contributed by atoms with Crippen molar-refractivity contribution in [2.75, 3.05) is 53.6 Å². The molecule has 1 rings (SSSR count). The van der Waals surface area contributed by atoms with E-state index in [4.69, 9.17) is 24.7 Å². The molecule has 0 fully saturated rings. The molecule has 0 amide bonds. The predicted molar refractivity (Wildman–Crippen MR) is 114 cm³/mol. The summed E-state index contributed by atoms with van der Waals surface area (Å²) in [6.07, 6.45) is 7.22. The zero-order chi connectivity index (χ0) is 19.8. The van der Waals surface area contributed by atoms with Crippen molar-refractivity contribution in [3.8, 4) is 0 Å². The van der Waals surface area contributed by atoms with Gasteiger partial charge >= 0.3 is 8.80 Å². The molecule has 0 atom stereocenters. The van der Waals surface area contributed by atoms with Crippen molar-refractivity contribution in [1.82, 2.24) is 4.90 Å². The first-order valence-electron chi connectivity index (χ1n) is 9.78. The maximum Gasteiger partial charge on any atom is 0.500 e. The lowest BCUT2D eigenvalue weighted by molar-refractivity contribution is 0.0951. The van der Waals surface area contributed by atoms with Crippen molar-refractivity contribution in [3.05, 3.63) is 42.0 Å². The minimum absolute atomic E-state index is 0.620. The molecule has 0 bridgehead atoms. The van der Waals surface area contributed by atoms with E-state index in [2.05, 4.69) is 29.2 Å². The van der Waals surface area contributed by atoms with Gasteiger partial charge in [-0.05, 0) is 37.9 Å². The molecule has 1 aromatic rings. The Morgan fingerprint density at radius 1 is 0.963 bits per heavy atom. The first-order chi connectivity index (χ1) is 13.2. The lowest BCUT2D eigenvalue weighted by Crippen LogP contribution is -2.44. The second-order valence-electron chi connectivity index (χ2n) is 6.44. The van der Waals surface area contributed by atoms with Crippen molar-refractivity contribution in [1.29, 1.82) is 0 Å². The molecule has 0 aliphatic rings. The summed E-state index contributed by atoms with van der Waals surface area (Å²) in [4.78, 5) is 2.37. The van der Waals surface area contributed by atoms with Gasteiger partial charge in [0.05, 0.1) is 0 Å². The van der Waals surface area contributed by atoms with Crippen LogP contribution < -0.4 is 11.5 Å². The number of unbranched alkanes of at least 4 members (excludes halogenated alkanes) is 1. The van der Waals surface area contributed by atoms with Crippen molar-refractivity contribution < 1.29 is 13.3 Å². The Kier molecular flexibility index (Phi) is 13.3. The number of rotatable bonds is 16. The van der Waals surface area contributed by atoms with Crippen LogP contribution in [-0.2, 0) is 13.3 Å². The molecular weight excluding hydrogens is 358 g/mol. The van der Waals surface area contributed by atoms with Crippen LogP contribution in [0.15, 0.2) is 36.4 Å². The molecule has 0 aliphatic heterocycles. The molecule has 0 aliphatic carbocycles. The predicted octanol–water partition coefficient (Wildman–Crippen LogP) is 2.34. The molecule has 6 nitrogen and oxygen atoms in total. The standard InChI is InChI=1S/C20H37N3O3Si/c1-24-27(25-2,19-9-13-21)26-18-7-6-15-23(17-14-22)16-8-12-20-10-4-3-5-11-20/h3-5,8,10-12H,6-7,9,13-19,21-22H2,1-2H3. The molecule has 154 valence electrons. The van der Waals surface area contributed by atoms with Gasteiger partial charge in [-0.3, -0.25) is 4.90 Å². The summed E-state index contributed by atoms with van der Waals surface area (Å²) in [5.41, 5.74) is 12.6. The van der Waals surface area contributed by atoms with Crippen LogP contribution in [0.2, 0.25) is 6.04 Å². The summed E-state index contributed by atoms with van der Waals surface area (Å²) in [5.74, 6) is 0. The normalized spacial score (nSPS) is 12.3. The van der Waals surface area contributed by atoms with Crippen LogP contribution in [0, 0.1) is 0 Å². The second kappa shape index (κ2) is 14.9. The fourth-order valence-corrected chi connectivity index (χ4v) is 4.89. The molecule has 7 heteroatoms. The van der Waals surface area contributed by atoms with E-state index in [1.165, 1.54) is 5.56 Å². The third-order valence-electron chi connectivity index (χ3n) is 4.42. The van der Waals surface area contributed by atoms with Gasteiger partial charge in [0.25, 0.3) is 0 Å². The maximum atomic E-state index is 5.99.